The summed E-state index contributed by atoms with van der Waals surface area (Å²) in [5, 5.41) is 2.59. The van der Waals surface area contributed by atoms with Crippen LogP contribution in [0, 0.1) is 10.5 Å². The Morgan fingerprint density at radius 2 is 1.70 bits per heavy atom. The Morgan fingerprint density at radius 1 is 1.00 bits per heavy atom. The average molecular weight is 370 g/mol. The third-order valence-electron chi connectivity index (χ3n) is 3.70. The molecule has 98 valence electrons. The molecule has 0 atom stereocenters. The van der Waals surface area contributed by atoms with Gasteiger partial charge < -0.3 is 0 Å². The van der Waals surface area contributed by atoms with Gasteiger partial charge in [0.05, 0.1) is 0 Å². The van der Waals surface area contributed by atoms with E-state index in [0.29, 0.717) is 0 Å². The molecule has 0 spiro atoms. The van der Waals surface area contributed by atoms with Crippen molar-refractivity contribution in [2.45, 2.75) is 6.92 Å². The highest BCUT2D eigenvalue weighted by molar-refractivity contribution is 14.1. The first-order chi connectivity index (χ1) is 9.72. The smallest absolute Gasteiger partial charge is 0.0172 e. The van der Waals surface area contributed by atoms with E-state index in [2.05, 4.69) is 90.7 Å². The van der Waals surface area contributed by atoms with E-state index in [9.17, 15) is 0 Å². The van der Waals surface area contributed by atoms with Crippen molar-refractivity contribution in [3.63, 3.8) is 0 Å². The van der Waals surface area contributed by atoms with Gasteiger partial charge in [-0.2, -0.15) is 0 Å². The molecule has 0 aliphatic rings. The minimum Gasteiger partial charge on any atom is -0.0984 e. The van der Waals surface area contributed by atoms with Gasteiger partial charge in [-0.05, 0) is 68.6 Å². The number of fused-ring (bicyclic) bond motifs is 1. The maximum Gasteiger partial charge on any atom is 0.0172 e. The quantitative estimate of drug-likeness (QED) is 0.481. The molecule has 0 fully saturated rings. The van der Waals surface area contributed by atoms with Gasteiger partial charge in [0.15, 0.2) is 0 Å². The molecular weight excluding hydrogens is 355 g/mol. The van der Waals surface area contributed by atoms with E-state index in [1.165, 1.54) is 36.6 Å². The summed E-state index contributed by atoms with van der Waals surface area (Å²) in [5.74, 6) is 0. The first kappa shape index (κ1) is 13.4. The lowest BCUT2D eigenvalue weighted by Crippen LogP contribution is -1.92. The minimum atomic E-state index is 1.18. The van der Waals surface area contributed by atoms with E-state index in [-0.39, 0.29) is 0 Å². The van der Waals surface area contributed by atoms with Crippen LogP contribution in [0.5, 0.6) is 0 Å². The number of hydrogen-bond acceptors (Lipinski definition) is 0. The average Bonchev–Trinajstić information content (AvgIpc) is 2.49. The lowest BCUT2D eigenvalue weighted by Gasteiger charge is -2.15. The topological polar surface area (TPSA) is 0 Å². The normalized spacial score (nSPS) is 10.7. The molecule has 3 aromatic carbocycles. The van der Waals surface area contributed by atoms with Crippen LogP contribution in [-0.4, -0.2) is 0 Å². The lowest BCUT2D eigenvalue weighted by molar-refractivity contribution is 1.44. The molecule has 0 unspecified atom stereocenters. The van der Waals surface area contributed by atoms with E-state index in [4.69, 9.17) is 0 Å². The molecule has 0 aromatic heterocycles. The molecule has 0 saturated heterocycles. The molecule has 0 N–H and O–H groups in total. The van der Waals surface area contributed by atoms with Crippen LogP contribution in [0.3, 0.4) is 0 Å². The number of hydrogen-bond donors (Lipinski definition) is 0. The highest BCUT2D eigenvalue weighted by Gasteiger charge is 2.12. The summed E-state index contributed by atoms with van der Waals surface area (Å²) in [5.41, 5.74) is 5.10. The van der Waals surface area contributed by atoms with Crippen molar-refractivity contribution in [3.8, 4) is 11.1 Å². The van der Waals surface area contributed by atoms with E-state index < -0.39 is 0 Å². The second-order valence-corrected chi connectivity index (χ2v) is 6.03. The standard InChI is InChI=1S/C19H15I/c1-3-14-8-4-6-10-16(14)19-13(2)18(20)12-15-9-5-7-11-17(15)19/h3-12H,1H2,2H3. The molecule has 0 bridgehead atoms. The Kier molecular flexibility index (Phi) is 3.62. The van der Waals surface area contributed by atoms with Crippen molar-refractivity contribution < 1.29 is 0 Å². The van der Waals surface area contributed by atoms with Gasteiger partial charge >= 0.3 is 0 Å². The first-order valence-corrected chi connectivity index (χ1v) is 7.70. The summed E-state index contributed by atoms with van der Waals surface area (Å²) >= 11 is 2.42. The Balaban J connectivity index is 2.46. The van der Waals surface area contributed by atoms with Gasteiger partial charge in [0, 0.05) is 3.57 Å². The zero-order valence-corrected chi connectivity index (χ0v) is 13.5. The summed E-state index contributed by atoms with van der Waals surface area (Å²) in [7, 11) is 0. The minimum absolute atomic E-state index is 1.18. The monoisotopic (exact) mass is 370 g/mol. The summed E-state index contributed by atoms with van der Waals surface area (Å²) in [6.45, 7) is 6.15. The molecule has 0 aliphatic heterocycles. The molecule has 0 heterocycles. The number of rotatable bonds is 2. The highest BCUT2D eigenvalue weighted by Crippen LogP contribution is 2.36. The predicted octanol–water partition coefficient (Wildman–Crippen LogP) is 6.06. The van der Waals surface area contributed by atoms with E-state index >= 15 is 0 Å². The predicted molar refractivity (Wildman–Crippen MR) is 96.9 cm³/mol. The zero-order valence-electron chi connectivity index (χ0n) is 11.4. The van der Waals surface area contributed by atoms with Gasteiger partial charge in [-0.3, -0.25) is 0 Å². The van der Waals surface area contributed by atoms with Crippen molar-refractivity contribution in [2.24, 2.45) is 0 Å². The summed E-state index contributed by atoms with van der Waals surface area (Å²) in [6, 6.07) is 19.3. The van der Waals surface area contributed by atoms with Crippen LogP contribution in [0.2, 0.25) is 0 Å². The summed E-state index contributed by atoms with van der Waals surface area (Å²) in [6.07, 6.45) is 1.93. The van der Waals surface area contributed by atoms with Crippen LogP contribution in [0.4, 0.5) is 0 Å². The lowest BCUT2D eigenvalue weighted by atomic mass is 9.91. The molecule has 3 rings (SSSR count). The van der Waals surface area contributed by atoms with Gasteiger partial charge in [-0.25, -0.2) is 0 Å². The van der Waals surface area contributed by atoms with Crippen LogP contribution < -0.4 is 0 Å². The van der Waals surface area contributed by atoms with Crippen LogP contribution in [0.25, 0.3) is 28.0 Å². The summed E-state index contributed by atoms with van der Waals surface area (Å²) < 4.78 is 1.30. The molecule has 0 aliphatic carbocycles. The highest BCUT2D eigenvalue weighted by atomic mass is 127. The fourth-order valence-electron chi connectivity index (χ4n) is 2.67. The van der Waals surface area contributed by atoms with Crippen molar-refractivity contribution in [2.75, 3.05) is 0 Å². The summed E-state index contributed by atoms with van der Waals surface area (Å²) in [4.78, 5) is 0. The SMILES string of the molecule is C=Cc1ccccc1-c1c(C)c(I)cc2ccccc12. The Morgan fingerprint density at radius 3 is 2.50 bits per heavy atom. The van der Waals surface area contributed by atoms with E-state index in [1.54, 1.807) is 0 Å². The Hall–Kier alpha value is -1.61. The van der Waals surface area contributed by atoms with Gasteiger partial charge in [0.25, 0.3) is 0 Å². The fourth-order valence-corrected chi connectivity index (χ4v) is 3.27. The fraction of sp³-hybridized carbons (Fsp3) is 0.0526. The third kappa shape index (κ3) is 2.16. The third-order valence-corrected chi connectivity index (χ3v) is 4.82. The van der Waals surface area contributed by atoms with E-state index in [1.807, 2.05) is 6.08 Å². The Bertz CT molecular complexity index is 800. The second-order valence-electron chi connectivity index (χ2n) is 4.87. The molecule has 0 amide bonds. The van der Waals surface area contributed by atoms with Crippen LogP contribution in [0.15, 0.2) is 61.2 Å². The zero-order chi connectivity index (χ0) is 14.1. The largest absolute Gasteiger partial charge is 0.0984 e. The number of halogens is 1. The molecule has 0 radical (unpaired) electrons. The molecule has 0 nitrogen and oxygen atoms in total. The van der Waals surface area contributed by atoms with Gasteiger partial charge in [0.2, 0.25) is 0 Å². The molecular formula is C19H15I. The molecule has 1 heteroatoms. The Labute approximate surface area is 133 Å². The van der Waals surface area contributed by atoms with Crippen LogP contribution in [-0.2, 0) is 0 Å². The van der Waals surface area contributed by atoms with Crippen LogP contribution in [0.1, 0.15) is 11.1 Å². The van der Waals surface area contributed by atoms with Crippen LogP contribution >= 0.6 is 22.6 Å². The molecule has 3 aromatic rings. The van der Waals surface area contributed by atoms with Crippen molar-refractivity contribution >= 4 is 39.4 Å². The van der Waals surface area contributed by atoms with Gasteiger partial charge in [0.1, 0.15) is 0 Å². The molecule has 0 saturated carbocycles. The van der Waals surface area contributed by atoms with Crippen molar-refractivity contribution in [1.82, 2.24) is 0 Å². The molecule has 20 heavy (non-hydrogen) atoms. The van der Waals surface area contributed by atoms with Gasteiger partial charge in [-0.1, -0.05) is 61.2 Å². The first-order valence-electron chi connectivity index (χ1n) is 6.62. The second kappa shape index (κ2) is 5.41. The van der Waals surface area contributed by atoms with E-state index in [0.717, 1.165) is 0 Å². The number of benzene rings is 3. The maximum absolute atomic E-state index is 3.95. The maximum atomic E-state index is 3.95. The van der Waals surface area contributed by atoms with Crippen molar-refractivity contribution in [3.05, 3.63) is 75.9 Å². The van der Waals surface area contributed by atoms with Gasteiger partial charge in [-0.15, -0.1) is 0 Å². The van der Waals surface area contributed by atoms with Crippen molar-refractivity contribution in [1.29, 1.82) is 0 Å².